The average Bonchev–Trinajstić information content (AvgIpc) is 2.59. The normalized spacial score (nSPS) is 10.8. The largest absolute Gasteiger partial charge is 0.493 e. The van der Waals surface area contributed by atoms with Crippen LogP contribution in [0.25, 0.3) is 11.1 Å². The lowest BCUT2D eigenvalue weighted by atomic mass is 9.97. The fourth-order valence-electron chi connectivity index (χ4n) is 2.76. The second-order valence-electron chi connectivity index (χ2n) is 5.80. The lowest BCUT2D eigenvalue weighted by Crippen LogP contribution is -2.11. The molecule has 5 heteroatoms. The first-order valence-electron chi connectivity index (χ1n) is 7.71. The molecular formula is C19H25NO4. The Hall–Kier alpha value is -2.24. The summed E-state index contributed by atoms with van der Waals surface area (Å²) in [6, 6.07) is 9.89. The third-order valence-electron chi connectivity index (χ3n) is 3.81. The minimum absolute atomic E-state index is 0.0345. The van der Waals surface area contributed by atoms with Crippen molar-refractivity contribution >= 4 is 0 Å². The summed E-state index contributed by atoms with van der Waals surface area (Å²) in [5, 5.41) is 9.79. The van der Waals surface area contributed by atoms with E-state index in [1.807, 2.05) is 38.4 Å². The van der Waals surface area contributed by atoms with Gasteiger partial charge in [-0.2, -0.15) is 0 Å². The van der Waals surface area contributed by atoms with E-state index in [0.29, 0.717) is 17.2 Å². The molecule has 0 aliphatic carbocycles. The first kappa shape index (κ1) is 18.1. The van der Waals surface area contributed by atoms with Gasteiger partial charge in [0.15, 0.2) is 11.5 Å². The lowest BCUT2D eigenvalue weighted by molar-refractivity contribution is 0.282. The molecule has 24 heavy (non-hydrogen) atoms. The molecule has 0 atom stereocenters. The number of methoxy groups -OCH3 is 3. The van der Waals surface area contributed by atoms with Crippen molar-refractivity contribution in [2.24, 2.45) is 0 Å². The SMILES string of the molecule is COc1cc(-c2ccc(CN(C)C)cc2CO)cc(OC)c1OC. The van der Waals surface area contributed by atoms with E-state index in [1.165, 1.54) is 0 Å². The first-order chi connectivity index (χ1) is 11.5. The van der Waals surface area contributed by atoms with Crippen LogP contribution in [0.15, 0.2) is 30.3 Å². The topological polar surface area (TPSA) is 51.2 Å². The Labute approximate surface area is 143 Å². The Balaban J connectivity index is 2.54. The second kappa shape index (κ2) is 8.04. The molecule has 2 rings (SSSR count). The van der Waals surface area contributed by atoms with Gasteiger partial charge in [-0.1, -0.05) is 18.2 Å². The van der Waals surface area contributed by atoms with Gasteiger partial charge in [0, 0.05) is 6.54 Å². The highest BCUT2D eigenvalue weighted by Crippen LogP contribution is 2.42. The van der Waals surface area contributed by atoms with Gasteiger partial charge in [-0.25, -0.2) is 0 Å². The molecule has 0 amide bonds. The maximum Gasteiger partial charge on any atom is 0.203 e. The van der Waals surface area contributed by atoms with Crippen LogP contribution >= 0.6 is 0 Å². The third kappa shape index (κ3) is 3.80. The van der Waals surface area contributed by atoms with Gasteiger partial charge < -0.3 is 24.2 Å². The summed E-state index contributed by atoms with van der Waals surface area (Å²) < 4.78 is 16.2. The Morgan fingerprint density at radius 2 is 1.54 bits per heavy atom. The van der Waals surface area contributed by atoms with Crippen LogP contribution in [-0.2, 0) is 13.2 Å². The highest BCUT2D eigenvalue weighted by atomic mass is 16.5. The molecule has 2 aromatic rings. The molecule has 0 fully saturated rings. The molecule has 0 spiro atoms. The molecule has 0 aromatic heterocycles. The standard InChI is InChI=1S/C19H25NO4/c1-20(2)11-13-6-7-16(15(8-13)12-21)14-9-17(22-3)19(24-5)18(10-14)23-4/h6-10,21H,11-12H2,1-5H3. The van der Waals surface area contributed by atoms with Crippen LogP contribution in [0.2, 0.25) is 0 Å². The molecule has 0 saturated carbocycles. The van der Waals surface area contributed by atoms with E-state index in [2.05, 4.69) is 11.0 Å². The number of hydrogen-bond donors (Lipinski definition) is 1. The van der Waals surface area contributed by atoms with Crippen molar-refractivity contribution in [3.05, 3.63) is 41.5 Å². The van der Waals surface area contributed by atoms with Crippen LogP contribution in [0, 0.1) is 0 Å². The smallest absolute Gasteiger partial charge is 0.203 e. The number of ether oxygens (including phenoxy) is 3. The van der Waals surface area contributed by atoms with Crippen LogP contribution in [0.1, 0.15) is 11.1 Å². The van der Waals surface area contributed by atoms with Crippen LogP contribution in [-0.4, -0.2) is 45.4 Å². The van der Waals surface area contributed by atoms with Gasteiger partial charge in [-0.3, -0.25) is 0 Å². The van der Waals surface area contributed by atoms with E-state index < -0.39 is 0 Å². The molecule has 1 N–H and O–H groups in total. The monoisotopic (exact) mass is 331 g/mol. The van der Waals surface area contributed by atoms with E-state index in [0.717, 1.165) is 28.8 Å². The number of nitrogens with zero attached hydrogens (tertiary/aromatic N) is 1. The number of aliphatic hydroxyl groups excluding tert-OH is 1. The zero-order valence-corrected chi connectivity index (χ0v) is 14.9. The summed E-state index contributed by atoms with van der Waals surface area (Å²) >= 11 is 0. The average molecular weight is 331 g/mol. The maximum absolute atomic E-state index is 9.79. The predicted octanol–water partition coefficient (Wildman–Crippen LogP) is 2.93. The van der Waals surface area contributed by atoms with Gasteiger partial charge in [0.1, 0.15) is 0 Å². The fraction of sp³-hybridized carbons (Fsp3) is 0.368. The minimum atomic E-state index is -0.0345. The lowest BCUT2D eigenvalue weighted by Gasteiger charge is -2.17. The summed E-state index contributed by atoms with van der Waals surface area (Å²) in [6.45, 7) is 0.787. The van der Waals surface area contributed by atoms with Crippen molar-refractivity contribution in [2.75, 3.05) is 35.4 Å². The number of hydrogen-bond acceptors (Lipinski definition) is 5. The molecule has 5 nitrogen and oxygen atoms in total. The predicted molar refractivity (Wildman–Crippen MR) is 94.8 cm³/mol. The first-order valence-corrected chi connectivity index (χ1v) is 7.71. The summed E-state index contributed by atoms with van der Waals surface area (Å²) in [5.41, 5.74) is 3.87. The minimum Gasteiger partial charge on any atom is -0.493 e. The summed E-state index contributed by atoms with van der Waals surface area (Å²) in [6.07, 6.45) is 0. The van der Waals surface area contributed by atoms with Crippen LogP contribution in [0.4, 0.5) is 0 Å². The van der Waals surface area contributed by atoms with Crippen molar-refractivity contribution < 1.29 is 19.3 Å². The summed E-state index contributed by atoms with van der Waals surface area (Å²) in [5.74, 6) is 1.74. The van der Waals surface area contributed by atoms with Crippen molar-refractivity contribution in [1.29, 1.82) is 0 Å². The van der Waals surface area contributed by atoms with Crippen LogP contribution in [0.3, 0.4) is 0 Å². The van der Waals surface area contributed by atoms with Crippen molar-refractivity contribution in [2.45, 2.75) is 13.2 Å². The number of rotatable bonds is 7. The molecule has 0 unspecified atom stereocenters. The molecule has 130 valence electrons. The zero-order chi connectivity index (χ0) is 17.7. The van der Waals surface area contributed by atoms with E-state index in [9.17, 15) is 5.11 Å². The molecular weight excluding hydrogens is 306 g/mol. The third-order valence-corrected chi connectivity index (χ3v) is 3.81. The van der Waals surface area contributed by atoms with E-state index in [1.54, 1.807) is 21.3 Å². The number of aliphatic hydroxyl groups is 1. The highest BCUT2D eigenvalue weighted by Gasteiger charge is 2.16. The molecule has 0 heterocycles. The summed E-state index contributed by atoms with van der Waals surface area (Å²) in [4.78, 5) is 2.09. The maximum atomic E-state index is 9.79. The molecule has 0 bridgehead atoms. The Bertz CT molecular complexity index is 673. The Morgan fingerprint density at radius 3 is 2.00 bits per heavy atom. The Kier molecular flexibility index (Phi) is 6.06. The quantitative estimate of drug-likeness (QED) is 0.845. The van der Waals surface area contributed by atoms with Gasteiger partial charge in [-0.15, -0.1) is 0 Å². The molecule has 0 radical (unpaired) electrons. The van der Waals surface area contributed by atoms with E-state index >= 15 is 0 Å². The van der Waals surface area contributed by atoms with Gasteiger partial charge in [-0.05, 0) is 48.5 Å². The molecule has 0 aliphatic rings. The summed E-state index contributed by atoms with van der Waals surface area (Å²) in [7, 11) is 8.80. The fourth-order valence-corrected chi connectivity index (χ4v) is 2.76. The molecule has 2 aromatic carbocycles. The second-order valence-corrected chi connectivity index (χ2v) is 5.80. The molecule has 0 aliphatic heterocycles. The zero-order valence-electron chi connectivity index (χ0n) is 14.9. The van der Waals surface area contributed by atoms with E-state index in [-0.39, 0.29) is 6.61 Å². The van der Waals surface area contributed by atoms with Gasteiger partial charge in [0.25, 0.3) is 0 Å². The van der Waals surface area contributed by atoms with Crippen LogP contribution < -0.4 is 14.2 Å². The number of benzene rings is 2. The van der Waals surface area contributed by atoms with Crippen molar-refractivity contribution in [3.63, 3.8) is 0 Å². The van der Waals surface area contributed by atoms with Crippen molar-refractivity contribution in [3.8, 4) is 28.4 Å². The van der Waals surface area contributed by atoms with Gasteiger partial charge in [0.05, 0.1) is 27.9 Å². The van der Waals surface area contributed by atoms with Crippen LogP contribution in [0.5, 0.6) is 17.2 Å². The van der Waals surface area contributed by atoms with E-state index in [4.69, 9.17) is 14.2 Å². The highest BCUT2D eigenvalue weighted by molar-refractivity contribution is 5.73. The molecule has 0 saturated heterocycles. The van der Waals surface area contributed by atoms with Gasteiger partial charge in [0.2, 0.25) is 5.75 Å². The van der Waals surface area contributed by atoms with Gasteiger partial charge >= 0.3 is 0 Å². The van der Waals surface area contributed by atoms with Crippen molar-refractivity contribution in [1.82, 2.24) is 4.90 Å². The Morgan fingerprint density at radius 1 is 0.917 bits per heavy atom.